The van der Waals surface area contributed by atoms with Crippen LogP contribution in [0.2, 0.25) is 0 Å². The second kappa shape index (κ2) is 13.2. The van der Waals surface area contributed by atoms with Crippen molar-refractivity contribution in [2.75, 3.05) is 13.1 Å². The highest BCUT2D eigenvalue weighted by Crippen LogP contribution is 2.06. The summed E-state index contributed by atoms with van der Waals surface area (Å²) >= 11 is 0. The molecule has 0 aliphatic carbocycles. The SMILES string of the molecule is C.CC(C)CNCc1ccc(C#Cc2ccc(C(=O)N[C@@H](CN)C(=O)NO)cc2)cc1. The average molecular weight is 425 g/mol. The number of rotatable bonds is 8. The lowest BCUT2D eigenvalue weighted by atomic mass is 10.1. The van der Waals surface area contributed by atoms with Gasteiger partial charge < -0.3 is 16.4 Å². The fraction of sp³-hybridized carbons (Fsp3) is 0.333. The smallest absolute Gasteiger partial charge is 0.267 e. The molecule has 2 rings (SSSR count). The van der Waals surface area contributed by atoms with Crippen LogP contribution in [0.25, 0.3) is 0 Å². The van der Waals surface area contributed by atoms with Gasteiger partial charge in [-0.3, -0.25) is 14.8 Å². The van der Waals surface area contributed by atoms with E-state index in [2.05, 4.69) is 48.5 Å². The molecule has 31 heavy (non-hydrogen) atoms. The largest absolute Gasteiger partial charge is 0.339 e. The van der Waals surface area contributed by atoms with Gasteiger partial charge in [-0.25, -0.2) is 5.48 Å². The molecule has 166 valence electrons. The molecular weight excluding hydrogens is 392 g/mol. The van der Waals surface area contributed by atoms with Crippen LogP contribution in [0, 0.1) is 17.8 Å². The third-order valence-electron chi connectivity index (χ3n) is 4.30. The van der Waals surface area contributed by atoms with Gasteiger partial charge in [-0.15, -0.1) is 0 Å². The van der Waals surface area contributed by atoms with Crippen molar-refractivity contribution in [3.63, 3.8) is 0 Å². The third-order valence-corrected chi connectivity index (χ3v) is 4.30. The predicted octanol–water partition coefficient (Wildman–Crippen LogP) is 2.03. The Hall–Kier alpha value is -3.18. The van der Waals surface area contributed by atoms with E-state index in [1.54, 1.807) is 24.3 Å². The molecule has 0 saturated heterocycles. The Labute approximate surface area is 184 Å². The first-order valence-electron chi connectivity index (χ1n) is 9.79. The molecule has 7 nitrogen and oxygen atoms in total. The number of hydrogen-bond donors (Lipinski definition) is 5. The summed E-state index contributed by atoms with van der Waals surface area (Å²) in [5.41, 5.74) is 10.2. The molecule has 2 aromatic carbocycles. The van der Waals surface area contributed by atoms with Gasteiger partial charge in [0.15, 0.2) is 0 Å². The Morgan fingerprint density at radius 2 is 1.55 bits per heavy atom. The summed E-state index contributed by atoms with van der Waals surface area (Å²) < 4.78 is 0. The maximum absolute atomic E-state index is 12.2. The van der Waals surface area contributed by atoms with Crippen molar-refractivity contribution in [2.45, 2.75) is 33.9 Å². The van der Waals surface area contributed by atoms with E-state index < -0.39 is 17.9 Å². The highest BCUT2D eigenvalue weighted by atomic mass is 16.5. The molecule has 0 spiro atoms. The minimum Gasteiger partial charge on any atom is -0.339 e. The molecule has 2 amide bonds. The van der Waals surface area contributed by atoms with Crippen LogP contribution in [-0.4, -0.2) is 36.2 Å². The number of hydroxylamine groups is 1. The molecule has 0 aromatic heterocycles. The van der Waals surface area contributed by atoms with Crippen molar-refractivity contribution in [2.24, 2.45) is 11.7 Å². The van der Waals surface area contributed by atoms with Crippen LogP contribution in [-0.2, 0) is 11.3 Å². The van der Waals surface area contributed by atoms with Crippen LogP contribution in [0.15, 0.2) is 48.5 Å². The molecule has 2 aromatic rings. The summed E-state index contributed by atoms with van der Waals surface area (Å²) in [4.78, 5) is 23.6. The molecule has 0 bridgehead atoms. The van der Waals surface area contributed by atoms with Gasteiger partial charge in [0.2, 0.25) is 0 Å². The fourth-order valence-electron chi connectivity index (χ4n) is 2.61. The van der Waals surface area contributed by atoms with Gasteiger partial charge in [-0.2, -0.15) is 0 Å². The molecule has 7 heteroatoms. The van der Waals surface area contributed by atoms with E-state index in [1.807, 2.05) is 12.1 Å². The third kappa shape index (κ3) is 8.60. The first-order valence-corrected chi connectivity index (χ1v) is 9.79. The first-order chi connectivity index (χ1) is 14.4. The van der Waals surface area contributed by atoms with Gasteiger partial charge in [0.1, 0.15) is 6.04 Å². The zero-order chi connectivity index (χ0) is 21.9. The summed E-state index contributed by atoms with van der Waals surface area (Å²) in [7, 11) is 0. The van der Waals surface area contributed by atoms with Crippen LogP contribution < -0.4 is 21.8 Å². The van der Waals surface area contributed by atoms with Crippen molar-refractivity contribution in [1.82, 2.24) is 16.1 Å². The summed E-state index contributed by atoms with van der Waals surface area (Å²) in [6.07, 6.45) is 0. The maximum Gasteiger partial charge on any atom is 0.267 e. The van der Waals surface area contributed by atoms with Crippen molar-refractivity contribution in [3.05, 3.63) is 70.8 Å². The van der Waals surface area contributed by atoms with E-state index in [-0.39, 0.29) is 14.0 Å². The van der Waals surface area contributed by atoms with E-state index in [0.29, 0.717) is 11.5 Å². The van der Waals surface area contributed by atoms with Gasteiger partial charge in [0.05, 0.1) is 0 Å². The molecule has 0 fully saturated rings. The Balaban J connectivity index is 0.00000480. The van der Waals surface area contributed by atoms with Gasteiger partial charge in [-0.05, 0) is 54.4 Å². The Bertz CT molecular complexity index is 897. The summed E-state index contributed by atoms with van der Waals surface area (Å²) in [5.74, 6) is 5.57. The zero-order valence-corrected chi connectivity index (χ0v) is 17.2. The molecule has 0 heterocycles. The standard InChI is InChI=1S/C23H28N4O3.CH4/c1-16(2)14-25-15-19-7-5-17(6-8-19)3-4-18-9-11-20(12-10-18)22(28)26-21(13-24)23(29)27-30;/h5-12,16,21,25,30H,13-15,24H2,1-2H3,(H,26,28)(H,27,29);1H4/t21-;/m0./s1. The molecule has 6 N–H and O–H groups in total. The molecule has 0 aliphatic rings. The maximum atomic E-state index is 12.2. The van der Waals surface area contributed by atoms with Crippen molar-refractivity contribution in [1.29, 1.82) is 0 Å². The monoisotopic (exact) mass is 424 g/mol. The Morgan fingerprint density at radius 3 is 2.03 bits per heavy atom. The second-order valence-electron chi connectivity index (χ2n) is 7.29. The summed E-state index contributed by atoms with van der Waals surface area (Å²) in [6.45, 7) is 6.04. The number of nitrogens with one attached hydrogen (secondary N) is 3. The lowest BCUT2D eigenvalue weighted by Gasteiger charge is -2.14. The predicted molar refractivity (Wildman–Crippen MR) is 122 cm³/mol. The van der Waals surface area contributed by atoms with E-state index in [4.69, 9.17) is 10.9 Å². The number of benzene rings is 2. The first kappa shape index (κ1) is 25.9. The number of hydrogen-bond acceptors (Lipinski definition) is 5. The molecule has 0 unspecified atom stereocenters. The normalized spacial score (nSPS) is 11.0. The molecular formula is C24H32N4O3. The van der Waals surface area contributed by atoms with E-state index in [0.717, 1.165) is 24.2 Å². The quantitative estimate of drug-likeness (QED) is 0.253. The van der Waals surface area contributed by atoms with Crippen LogP contribution in [0.3, 0.4) is 0 Å². The lowest BCUT2D eigenvalue weighted by Crippen LogP contribution is -2.50. The number of carbonyl (C=O) groups is 2. The Morgan fingerprint density at radius 1 is 1.00 bits per heavy atom. The van der Waals surface area contributed by atoms with Gasteiger partial charge in [-0.1, -0.05) is 45.2 Å². The highest BCUT2D eigenvalue weighted by Gasteiger charge is 2.19. The summed E-state index contributed by atoms with van der Waals surface area (Å²) in [5, 5.41) is 14.5. The Kier molecular flexibility index (Phi) is 11.0. The highest BCUT2D eigenvalue weighted by molar-refractivity contribution is 5.97. The van der Waals surface area contributed by atoms with Gasteiger partial charge in [0, 0.05) is 29.8 Å². The molecule has 0 saturated carbocycles. The number of carbonyl (C=O) groups excluding carboxylic acids is 2. The van der Waals surface area contributed by atoms with E-state index in [9.17, 15) is 9.59 Å². The topological polar surface area (TPSA) is 116 Å². The van der Waals surface area contributed by atoms with Crippen LogP contribution in [0.4, 0.5) is 0 Å². The molecule has 0 radical (unpaired) electrons. The average Bonchev–Trinajstić information content (AvgIpc) is 2.76. The number of nitrogens with two attached hydrogens (primary N) is 1. The van der Waals surface area contributed by atoms with E-state index in [1.165, 1.54) is 11.0 Å². The summed E-state index contributed by atoms with van der Waals surface area (Å²) in [6, 6.07) is 13.8. The molecule has 1 atom stereocenters. The number of amides is 2. The van der Waals surface area contributed by atoms with Crippen molar-refractivity contribution in [3.8, 4) is 11.8 Å². The van der Waals surface area contributed by atoms with Crippen LogP contribution >= 0.6 is 0 Å². The van der Waals surface area contributed by atoms with Gasteiger partial charge in [0.25, 0.3) is 11.8 Å². The van der Waals surface area contributed by atoms with Gasteiger partial charge >= 0.3 is 0 Å². The molecule has 0 aliphatic heterocycles. The van der Waals surface area contributed by atoms with Crippen molar-refractivity contribution < 1.29 is 14.8 Å². The van der Waals surface area contributed by atoms with Crippen LogP contribution in [0.1, 0.15) is 48.3 Å². The second-order valence-corrected chi connectivity index (χ2v) is 7.29. The van der Waals surface area contributed by atoms with Crippen molar-refractivity contribution >= 4 is 11.8 Å². The lowest BCUT2D eigenvalue weighted by molar-refractivity contribution is -0.130. The van der Waals surface area contributed by atoms with Crippen LogP contribution in [0.5, 0.6) is 0 Å². The minimum atomic E-state index is -1.01. The fourth-order valence-corrected chi connectivity index (χ4v) is 2.61. The van der Waals surface area contributed by atoms with E-state index >= 15 is 0 Å². The zero-order valence-electron chi connectivity index (χ0n) is 17.2. The minimum absolute atomic E-state index is 0.